The van der Waals surface area contributed by atoms with Crippen molar-refractivity contribution in [3.63, 3.8) is 0 Å². The van der Waals surface area contributed by atoms with Crippen molar-refractivity contribution in [1.82, 2.24) is 20.1 Å². The number of ketones is 1. The molecule has 3 amide bonds. The van der Waals surface area contributed by atoms with Gasteiger partial charge in [0.1, 0.15) is 24.3 Å². The second kappa shape index (κ2) is 20.1. The molecule has 14 nitrogen and oxygen atoms in total. The number of nitrogens with one attached hydrogen (secondary N) is 2. The number of rotatable bonds is 20. The van der Waals surface area contributed by atoms with E-state index < -0.39 is 103 Å². The lowest BCUT2D eigenvalue weighted by molar-refractivity contribution is -0.143. The zero-order valence-corrected chi connectivity index (χ0v) is 32.2. The molecule has 3 rings (SSSR count). The fraction of sp³-hybridized carbons (Fsp3) is 0.421. The number of hydrogen-bond donors (Lipinski definition) is 6. The normalized spacial score (nSPS) is 13.6. The van der Waals surface area contributed by atoms with Crippen LogP contribution >= 0.6 is 15.9 Å². The highest BCUT2D eigenvalue weighted by Crippen LogP contribution is 2.41. The van der Waals surface area contributed by atoms with Gasteiger partial charge in [-0.1, -0.05) is 67.0 Å². The molecule has 0 fully saturated rings. The maximum atomic E-state index is 15.0. The van der Waals surface area contributed by atoms with Crippen LogP contribution in [0.5, 0.6) is 0 Å². The number of Topliss-reactive ketones (excluding diaryl/α,β-unsaturated/α-hetero) is 1. The van der Waals surface area contributed by atoms with Crippen molar-refractivity contribution in [2.75, 3.05) is 18.5 Å². The Morgan fingerprint density at radius 1 is 0.945 bits per heavy atom. The Kier molecular flexibility index (Phi) is 16.2. The quantitative estimate of drug-likeness (QED) is 0.0912. The van der Waals surface area contributed by atoms with E-state index in [2.05, 4.69) is 26.6 Å². The highest BCUT2D eigenvalue weighted by atomic mass is 79.9. The minimum absolute atomic E-state index is 0.00442. The van der Waals surface area contributed by atoms with Crippen molar-refractivity contribution in [2.24, 2.45) is 11.1 Å². The molecular weight excluding hydrogens is 788 g/mol. The van der Waals surface area contributed by atoms with Gasteiger partial charge in [-0.3, -0.25) is 24.0 Å². The molecule has 2 aromatic carbocycles. The number of aliphatic hydroxyl groups excluding tert-OH is 1. The van der Waals surface area contributed by atoms with Crippen molar-refractivity contribution in [3.05, 3.63) is 83.7 Å². The van der Waals surface area contributed by atoms with E-state index in [1.807, 2.05) is 51.1 Å². The topological polar surface area (TPSA) is 221 Å². The minimum Gasteiger partial charge on any atom is -0.481 e. The molecule has 0 radical (unpaired) electrons. The summed E-state index contributed by atoms with van der Waals surface area (Å²) in [5, 5.41) is 33.3. The molecule has 0 aliphatic carbocycles. The number of amides is 3. The summed E-state index contributed by atoms with van der Waals surface area (Å²) in [6.45, 7) is 4.70. The molecule has 1 heterocycles. The molecule has 0 bridgehead atoms. The van der Waals surface area contributed by atoms with E-state index in [0.29, 0.717) is 11.3 Å². The first-order valence-corrected chi connectivity index (χ1v) is 18.5. The smallest absolute Gasteiger partial charge is 0.326 e. The molecule has 1 aromatic heterocycles. The van der Waals surface area contributed by atoms with Crippen LogP contribution in [0.1, 0.15) is 63.8 Å². The number of aliphatic hydroxyl groups is 1. The number of hydrogen-bond acceptors (Lipinski definition) is 8. The predicted molar refractivity (Wildman–Crippen MR) is 201 cm³/mol. The first-order valence-electron chi connectivity index (χ1n) is 17.3. The number of halogens is 3. The maximum absolute atomic E-state index is 15.0. The summed E-state index contributed by atoms with van der Waals surface area (Å²) in [6.07, 6.45) is -0.232. The fourth-order valence-corrected chi connectivity index (χ4v) is 6.32. The molecule has 0 saturated heterocycles. The van der Waals surface area contributed by atoms with Crippen molar-refractivity contribution >= 4 is 51.4 Å². The summed E-state index contributed by atoms with van der Waals surface area (Å²) in [5.74, 6) is -7.23. The second-order valence-electron chi connectivity index (χ2n) is 14.1. The average molecular weight is 835 g/mol. The SMILES string of the molecule is CC(C)(C)[C@H](c1cc(-c2cc(F)ccc2F)cn1Cc1ccccc1)N(CC[C@H](N)C(=O)N[C@H](CCC(=O)[C@H](CC(=O)O)NC(=O)CBr)C(=O)O)C(=O)CO. The number of benzene rings is 2. The van der Waals surface area contributed by atoms with E-state index in [1.54, 1.807) is 16.8 Å². The van der Waals surface area contributed by atoms with Gasteiger partial charge in [0.25, 0.3) is 0 Å². The highest BCUT2D eigenvalue weighted by molar-refractivity contribution is 9.09. The van der Waals surface area contributed by atoms with Gasteiger partial charge < -0.3 is 41.2 Å². The molecule has 17 heteroatoms. The molecule has 55 heavy (non-hydrogen) atoms. The van der Waals surface area contributed by atoms with Gasteiger partial charge in [0.15, 0.2) is 5.78 Å². The third-order valence-electron chi connectivity index (χ3n) is 8.77. The standard InChI is InChI=1S/C38H46BrF2N5O9/c1-38(2,3)35(30-15-23(25-16-24(40)9-10-26(25)41)20-45(30)19-22-7-5-4-6-8-22)46(33(50)21-47)14-13-27(42)36(53)44-28(37(54)55)11-12-31(48)29(17-34(51)52)43-32(49)18-39/h4-10,15-16,20,27-29,35,47H,11-14,17-19,21,42H2,1-3H3,(H,43,49)(H,44,53)(H,51,52)(H,54,55)/t27-,28+,29-,35-/m0/s1. The summed E-state index contributed by atoms with van der Waals surface area (Å²) in [7, 11) is 0. The number of aliphatic carboxylic acids is 2. The van der Waals surface area contributed by atoms with Gasteiger partial charge in [0.05, 0.1) is 29.9 Å². The minimum atomic E-state index is -1.61. The van der Waals surface area contributed by atoms with E-state index in [4.69, 9.17) is 10.8 Å². The number of carbonyl (C=O) groups is 6. The Bertz CT molecular complexity index is 1850. The summed E-state index contributed by atoms with van der Waals surface area (Å²) in [6, 6.07) is 8.79. The van der Waals surface area contributed by atoms with E-state index >= 15 is 4.39 Å². The third-order valence-corrected chi connectivity index (χ3v) is 9.28. The van der Waals surface area contributed by atoms with Gasteiger partial charge >= 0.3 is 11.9 Å². The number of nitrogens with two attached hydrogens (primary N) is 1. The van der Waals surface area contributed by atoms with E-state index in [-0.39, 0.29) is 30.4 Å². The highest BCUT2D eigenvalue weighted by Gasteiger charge is 2.38. The summed E-state index contributed by atoms with van der Waals surface area (Å²) < 4.78 is 31.1. The Morgan fingerprint density at radius 3 is 2.20 bits per heavy atom. The lowest BCUT2D eigenvalue weighted by Gasteiger charge is -2.41. The molecule has 0 saturated carbocycles. The zero-order valence-electron chi connectivity index (χ0n) is 30.6. The van der Waals surface area contributed by atoms with Crippen LogP contribution in [0.25, 0.3) is 11.1 Å². The van der Waals surface area contributed by atoms with Crippen molar-refractivity contribution in [1.29, 1.82) is 0 Å². The largest absolute Gasteiger partial charge is 0.481 e. The van der Waals surface area contributed by atoms with Crippen molar-refractivity contribution < 1.29 is 52.9 Å². The fourth-order valence-electron chi connectivity index (χ4n) is 6.16. The Morgan fingerprint density at radius 2 is 1.62 bits per heavy atom. The van der Waals surface area contributed by atoms with Crippen LogP contribution in [-0.2, 0) is 35.3 Å². The summed E-state index contributed by atoms with van der Waals surface area (Å²) in [5.41, 5.74) is 7.16. The van der Waals surface area contributed by atoms with E-state index in [1.165, 1.54) is 4.90 Å². The van der Waals surface area contributed by atoms with Gasteiger partial charge in [-0.15, -0.1) is 0 Å². The molecule has 0 aliphatic rings. The van der Waals surface area contributed by atoms with Crippen molar-refractivity contribution in [2.45, 2.75) is 77.2 Å². The molecule has 0 spiro atoms. The Labute approximate surface area is 325 Å². The Hall–Kier alpha value is -5.00. The predicted octanol–water partition coefficient (Wildman–Crippen LogP) is 3.38. The number of alkyl halides is 1. The van der Waals surface area contributed by atoms with Gasteiger partial charge in [0.2, 0.25) is 17.7 Å². The van der Waals surface area contributed by atoms with Crippen molar-refractivity contribution in [3.8, 4) is 11.1 Å². The first kappa shape index (κ1) is 44.4. The number of nitrogens with zero attached hydrogens (tertiary/aromatic N) is 2. The average Bonchev–Trinajstić information content (AvgIpc) is 3.53. The van der Waals surface area contributed by atoms with Gasteiger partial charge in [-0.2, -0.15) is 0 Å². The number of carboxylic acid groups (broad SMARTS) is 2. The molecule has 4 atom stereocenters. The molecule has 3 aromatic rings. The molecule has 0 unspecified atom stereocenters. The van der Waals surface area contributed by atoms with Crippen LogP contribution in [0.15, 0.2) is 60.8 Å². The third kappa shape index (κ3) is 12.8. The van der Waals surface area contributed by atoms with E-state index in [9.17, 15) is 43.4 Å². The maximum Gasteiger partial charge on any atom is 0.326 e. The zero-order chi connectivity index (χ0) is 41.0. The van der Waals surface area contributed by atoms with Crippen LogP contribution in [0, 0.1) is 17.0 Å². The Balaban J connectivity index is 1.89. The van der Waals surface area contributed by atoms with Crippen LogP contribution in [0.2, 0.25) is 0 Å². The van der Waals surface area contributed by atoms with E-state index in [0.717, 1.165) is 23.8 Å². The lowest BCUT2D eigenvalue weighted by Crippen LogP contribution is -2.51. The molecular formula is C38H46BrF2N5O9. The first-order chi connectivity index (χ1) is 25.9. The lowest BCUT2D eigenvalue weighted by atomic mass is 9.82. The van der Waals surface area contributed by atoms with Gasteiger partial charge in [0, 0.05) is 42.5 Å². The summed E-state index contributed by atoms with van der Waals surface area (Å²) in [4.78, 5) is 75.7. The number of carboxylic acids is 2. The molecule has 7 N–H and O–H groups in total. The summed E-state index contributed by atoms with van der Waals surface area (Å²) >= 11 is 2.91. The van der Waals surface area contributed by atoms with Gasteiger partial charge in [-0.05, 0) is 48.1 Å². The van der Waals surface area contributed by atoms with Crippen LogP contribution in [0.3, 0.4) is 0 Å². The monoisotopic (exact) mass is 833 g/mol. The second-order valence-corrected chi connectivity index (χ2v) is 14.6. The van der Waals surface area contributed by atoms with Crippen LogP contribution < -0.4 is 16.4 Å². The van der Waals surface area contributed by atoms with Gasteiger partial charge in [-0.25, -0.2) is 13.6 Å². The number of carbonyl (C=O) groups excluding carboxylic acids is 4. The molecule has 0 aliphatic heterocycles. The number of aromatic nitrogens is 1. The van der Waals surface area contributed by atoms with Crippen LogP contribution in [0.4, 0.5) is 8.78 Å². The van der Waals surface area contributed by atoms with Crippen LogP contribution in [-0.4, -0.2) is 96.8 Å². The molecule has 298 valence electrons.